The van der Waals surface area contributed by atoms with Crippen LogP contribution in [0, 0.1) is 0 Å². The molecule has 3 rings (SSSR count). The Hall–Kier alpha value is -2.26. The quantitative estimate of drug-likeness (QED) is 0.734. The van der Waals surface area contributed by atoms with Gasteiger partial charge in [-0.3, -0.25) is 0 Å². The molecule has 2 aromatic carbocycles. The lowest BCUT2D eigenvalue weighted by molar-refractivity contribution is 0.0699. The SMILES string of the molecule is O=C(O)c1c[nH]c2cc(Cl)c(-c3ccccc3)cc12. The highest BCUT2D eigenvalue weighted by atomic mass is 35.5. The van der Waals surface area contributed by atoms with Crippen LogP contribution in [0.4, 0.5) is 0 Å². The molecule has 3 aromatic rings. The summed E-state index contributed by atoms with van der Waals surface area (Å²) < 4.78 is 0. The number of aromatic amines is 1. The highest BCUT2D eigenvalue weighted by molar-refractivity contribution is 6.34. The van der Waals surface area contributed by atoms with Crippen molar-refractivity contribution >= 4 is 28.5 Å². The van der Waals surface area contributed by atoms with E-state index in [1.807, 2.05) is 36.4 Å². The van der Waals surface area contributed by atoms with E-state index in [-0.39, 0.29) is 5.56 Å². The molecule has 1 aromatic heterocycles. The summed E-state index contributed by atoms with van der Waals surface area (Å²) in [5.74, 6) is -0.951. The molecule has 19 heavy (non-hydrogen) atoms. The monoisotopic (exact) mass is 271 g/mol. The first-order valence-corrected chi connectivity index (χ1v) is 6.14. The van der Waals surface area contributed by atoms with Gasteiger partial charge >= 0.3 is 5.97 Å². The van der Waals surface area contributed by atoms with Gasteiger partial charge in [0.05, 0.1) is 10.6 Å². The fraction of sp³-hybridized carbons (Fsp3) is 0. The van der Waals surface area contributed by atoms with E-state index in [4.69, 9.17) is 16.7 Å². The number of nitrogens with one attached hydrogen (secondary N) is 1. The van der Waals surface area contributed by atoms with E-state index in [9.17, 15) is 4.79 Å². The van der Waals surface area contributed by atoms with Crippen molar-refractivity contribution < 1.29 is 9.90 Å². The third-order valence-corrected chi connectivity index (χ3v) is 3.40. The fourth-order valence-corrected chi connectivity index (χ4v) is 2.43. The molecule has 0 saturated carbocycles. The number of carboxylic acid groups (broad SMARTS) is 1. The third kappa shape index (κ3) is 1.98. The molecule has 1 heterocycles. The molecule has 0 amide bonds. The topological polar surface area (TPSA) is 53.1 Å². The van der Waals surface area contributed by atoms with Gasteiger partial charge in [0.1, 0.15) is 0 Å². The number of carbonyl (C=O) groups is 1. The van der Waals surface area contributed by atoms with E-state index >= 15 is 0 Å². The summed E-state index contributed by atoms with van der Waals surface area (Å²) in [5.41, 5.74) is 2.77. The van der Waals surface area contributed by atoms with E-state index in [1.54, 1.807) is 6.07 Å². The second kappa shape index (κ2) is 4.44. The predicted octanol–water partition coefficient (Wildman–Crippen LogP) is 4.19. The average molecular weight is 272 g/mol. The smallest absolute Gasteiger partial charge is 0.337 e. The number of H-pyrrole nitrogens is 1. The van der Waals surface area contributed by atoms with E-state index in [0.717, 1.165) is 16.6 Å². The second-order valence-electron chi connectivity index (χ2n) is 4.25. The minimum absolute atomic E-state index is 0.254. The van der Waals surface area contributed by atoms with Crippen molar-refractivity contribution in [2.75, 3.05) is 0 Å². The van der Waals surface area contributed by atoms with Gasteiger partial charge < -0.3 is 10.1 Å². The molecule has 0 bridgehead atoms. The Bertz CT molecular complexity index is 762. The molecule has 3 nitrogen and oxygen atoms in total. The maximum Gasteiger partial charge on any atom is 0.337 e. The summed E-state index contributed by atoms with van der Waals surface area (Å²) in [7, 11) is 0. The van der Waals surface area contributed by atoms with Crippen molar-refractivity contribution in [3.05, 3.63) is 59.2 Å². The summed E-state index contributed by atoms with van der Waals surface area (Å²) >= 11 is 6.26. The summed E-state index contributed by atoms with van der Waals surface area (Å²) in [6.45, 7) is 0. The summed E-state index contributed by atoms with van der Waals surface area (Å²) in [4.78, 5) is 14.1. The number of hydrogen-bond donors (Lipinski definition) is 2. The average Bonchev–Trinajstić information content (AvgIpc) is 2.81. The predicted molar refractivity (Wildman–Crippen MR) is 75.7 cm³/mol. The van der Waals surface area contributed by atoms with Crippen LogP contribution in [0.25, 0.3) is 22.0 Å². The molecule has 2 N–H and O–H groups in total. The van der Waals surface area contributed by atoms with E-state index in [2.05, 4.69) is 4.98 Å². The van der Waals surface area contributed by atoms with Crippen LogP contribution in [-0.2, 0) is 0 Å². The molecule has 0 saturated heterocycles. The Morgan fingerprint density at radius 3 is 2.58 bits per heavy atom. The molecule has 94 valence electrons. The van der Waals surface area contributed by atoms with Crippen molar-refractivity contribution in [1.29, 1.82) is 0 Å². The van der Waals surface area contributed by atoms with Gasteiger partial charge in [-0.2, -0.15) is 0 Å². The molecule has 0 atom stereocenters. The number of carboxylic acids is 1. The highest BCUT2D eigenvalue weighted by Crippen LogP contribution is 2.33. The minimum Gasteiger partial charge on any atom is -0.478 e. The van der Waals surface area contributed by atoms with Gasteiger partial charge in [0.2, 0.25) is 0 Å². The number of benzene rings is 2. The van der Waals surface area contributed by atoms with Gasteiger partial charge in [-0.25, -0.2) is 4.79 Å². The lowest BCUT2D eigenvalue weighted by Crippen LogP contribution is -1.93. The Morgan fingerprint density at radius 1 is 1.16 bits per heavy atom. The zero-order valence-corrected chi connectivity index (χ0v) is 10.6. The number of aromatic carboxylic acids is 1. The molecule has 0 radical (unpaired) electrons. The van der Waals surface area contributed by atoms with Crippen molar-refractivity contribution in [2.24, 2.45) is 0 Å². The van der Waals surface area contributed by atoms with E-state index in [1.165, 1.54) is 6.20 Å². The highest BCUT2D eigenvalue weighted by Gasteiger charge is 2.13. The molecule has 0 fully saturated rings. The van der Waals surface area contributed by atoms with Crippen LogP contribution >= 0.6 is 11.6 Å². The maximum absolute atomic E-state index is 11.2. The van der Waals surface area contributed by atoms with Crippen LogP contribution in [0.3, 0.4) is 0 Å². The van der Waals surface area contributed by atoms with E-state index in [0.29, 0.717) is 10.4 Å². The van der Waals surface area contributed by atoms with Crippen LogP contribution in [0.2, 0.25) is 5.02 Å². The third-order valence-electron chi connectivity index (χ3n) is 3.08. The summed E-state index contributed by atoms with van der Waals surface area (Å²) in [6.07, 6.45) is 1.48. The van der Waals surface area contributed by atoms with Crippen LogP contribution in [-0.4, -0.2) is 16.1 Å². The van der Waals surface area contributed by atoms with Gasteiger partial charge in [0, 0.05) is 22.7 Å². The first-order chi connectivity index (χ1) is 9.16. The number of halogens is 1. The molecule has 0 aliphatic rings. The second-order valence-corrected chi connectivity index (χ2v) is 4.66. The van der Waals surface area contributed by atoms with Crippen molar-refractivity contribution in [3.8, 4) is 11.1 Å². The zero-order chi connectivity index (χ0) is 13.4. The first kappa shape index (κ1) is 11.8. The minimum atomic E-state index is -0.951. The van der Waals surface area contributed by atoms with Gasteiger partial charge in [0.25, 0.3) is 0 Å². The van der Waals surface area contributed by atoms with E-state index < -0.39 is 5.97 Å². The normalized spacial score (nSPS) is 10.8. The Kier molecular flexibility index (Phi) is 2.76. The van der Waals surface area contributed by atoms with Crippen LogP contribution in [0.5, 0.6) is 0 Å². The number of hydrogen-bond acceptors (Lipinski definition) is 1. The summed E-state index contributed by atoms with van der Waals surface area (Å²) in [6, 6.07) is 13.2. The largest absolute Gasteiger partial charge is 0.478 e. The van der Waals surface area contributed by atoms with Crippen molar-refractivity contribution in [1.82, 2.24) is 4.98 Å². The van der Waals surface area contributed by atoms with Gasteiger partial charge in [0.15, 0.2) is 0 Å². The van der Waals surface area contributed by atoms with Crippen LogP contribution < -0.4 is 0 Å². The van der Waals surface area contributed by atoms with Gasteiger partial charge in [-0.05, 0) is 17.7 Å². The van der Waals surface area contributed by atoms with Gasteiger partial charge in [-0.15, -0.1) is 0 Å². The Morgan fingerprint density at radius 2 is 1.89 bits per heavy atom. The van der Waals surface area contributed by atoms with Gasteiger partial charge in [-0.1, -0.05) is 41.9 Å². The fourth-order valence-electron chi connectivity index (χ4n) is 2.16. The first-order valence-electron chi connectivity index (χ1n) is 5.76. The molecule has 0 aliphatic heterocycles. The van der Waals surface area contributed by atoms with Crippen LogP contribution in [0.15, 0.2) is 48.7 Å². The lowest BCUT2D eigenvalue weighted by Gasteiger charge is -2.05. The number of fused-ring (bicyclic) bond motifs is 1. The zero-order valence-electron chi connectivity index (χ0n) is 9.85. The molecular weight excluding hydrogens is 262 g/mol. The number of rotatable bonds is 2. The maximum atomic E-state index is 11.2. The summed E-state index contributed by atoms with van der Waals surface area (Å²) in [5, 5.41) is 10.4. The standard InChI is InChI=1S/C15H10ClNO2/c16-13-7-14-11(12(8-17-14)15(18)19)6-10(13)9-4-2-1-3-5-9/h1-8,17H,(H,18,19). The number of aromatic nitrogens is 1. The van der Waals surface area contributed by atoms with Crippen molar-refractivity contribution in [2.45, 2.75) is 0 Å². The Balaban J connectivity index is 2.28. The molecule has 0 spiro atoms. The Labute approximate surface area is 114 Å². The lowest BCUT2D eigenvalue weighted by atomic mass is 10.0. The molecule has 0 unspecified atom stereocenters. The molecule has 0 aliphatic carbocycles. The molecule has 4 heteroatoms. The van der Waals surface area contributed by atoms with Crippen molar-refractivity contribution in [3.63, 3.8) is 0 Å². The van der Waals surface area contributed by atoms with Crippen LogP contribution in [0.1, 0.15) is 10.4 Å². The molecular formula is C15H10ClNO2.